The molecule has 0 radical (unpaired) electrons. The lowest BCUT2D eigenvalue weighted by atomic mass is 9.66. The fourth-order valence-electron chi connectivity index (χ4n) is 5.83. The topological polar surface area (TPSA) is 95.8 Å². The molecule has 2 aromatic rings. The van der Waals surface area contributed by atoms with E-state index >= 15 is 0 Å². The largest absolute Gasteiger partial charge is 0.342 e. The third-order valence-electron chi connectivity index (χ3n) is 7.54. The van der Waals surface area contributed by atoms with Gasteiger partial charge in [-0.15, -0.1) is 0 Å². The lowest BCUT2D eigenvalue weighted by Crippen LogP contribution is -2.67. The molecule has 2 saturated heterocycles. The Morgan fingerprint density at radius 3 is 2.35 bits per heavy atom. The molecular formula is C24H31N5O4S. The Hall–Kier alpha value is -2.72. The zero-order valence-corrected chi connectivity index (χ0v) is 20.7. The SMILES string of the molecule is CC(C)N1C(=O)c2ccccc2C(C(=O)N2CCC2)C12CCN(S(=O)(=O)c1cn(C)cn1)CC2. The van der Waals surface area contributed by atoms with Crippen molar-refractivity contribution in [1.29, 1.82) is 0 Å². The minimum absolute atomic E-state index is 0.0185. The number of benzene rings is 1. The zero-order chi connectivity index (χ0) is 24.3. The summed E-state index contributed by atoms with van der Waals surface area (Å²) in [7, 11) is -2.02. The van der Waals surface area contributed by atoms with Crippen LogP contribution in [-0.2, 0) is 21.9 Å². The number of likely N-dealkylation sites (tertiary alicyclic amines) is 1. The maximum atomic E-state index is 13.8. The van der Waals surface area contributed by atoms with Gasteiger partial charge in [0.15, 0.2) is 5.03 Å². The van der Waals surface area contributed by atoms with Crippen LogP contribution in [0.4, 0.5) is 0 Å². The number of carbonyl (C=O) groups is 2. The van der Waals surface area contributed by atoms with Gasteiger partial charge in [-0.25, -0.2) is 13.4 Å². The molecule has 1 unspecified atom stereocenters. The molecule has 1 aromatic heterocycles. The second-order valence-corrected chi connectivity index (χ2v) is 11.7. The molecule has 0 saturated carbocycles. The highest BCUT2D eigenvalue weighted by Crippen LogP contribution is 2.49. The van der Waals surface area contributed by atoms with Gasteiger partial charge in [0.2, 0.25) is 5.91 Å². The summed E-state index contributed by atoms with van der Waals surface area (Å²) >= 11 is 0. The van der Waals surface area contributed by atoms with E-state index in [0.29, 0.717) is 18.4 Å². The second kappa shape index (κ2) is 8.20. The monoisotopic (exact) mass is 485 g/mol. The Morgan fingerprint density at radius 2 is 1.79 bits per heavy atom. The summed E-state index contributed by atoms with van der Waals surface area (Å²) in [6, 6.07) is 7.28. The molecule has 0 N–H and O–H groups in total. The number of sulfonamides is 1. The van der Waals surface area contributed by atoms with Crippen LogP contribution in [0.1, 0.15) is 54.9 Å². The average molecular weight is 486 g/mol. The predicted molar refractivity (Wildman–Crippen MR) is 126 cm³/mol. The summed E-state index contributed by atoms with van der Waals surface area (Å²) in [5.41, 5.74) is 0.564. The van der Waals surface area contributed by atoms with E-state index in [-0.39, 0.29) is 36.0 Å². The minimum Gasteiger partial charge on any atom is -0.342 e. The van der Waals surface area contributed by atoms with Crippen molar-refractivity contribution in [2.45, 2.75) is 55.6 Å². The van der Waals surface area contributed by atoms with Crippen molar-refractivity contribution in [1.82, 2.24) is 23.7 Å². The number of amides is 2. The standard InChI is InChI=1S/C24H31N5O4S/c1-17(2)29-22(30)19-8-5-4-7-18(19)21(23(31)27-11-6-12-27)24(29)9-13-28(14-10-24)34(32,33)20-15-26(3)16-25-20/h4-5,7-8,15-17,21H,6,9-14H2,1-3H3. The van der Waals surface area contributed by atoms with Crippen LogP contribution in [0.15, 0.2) is 41.8 Å². The van der Waals surface area contributed by atoms with E-state index in [1.807, 2.05) is 41.8 Å². The van der Waals surface area contributed by atoms with Gasteiger partial charge in [0, 0.05) is 51.0 Å². The van der Waals surface area contributed by atoms with Gasteiger partial charge in [-0.05, 0) is 44.7 Å². The highest BCUT2D eigenvalue weighted by atomic mass is 32.2. The quantitative estimate of drug-likeness (QED) is 0.658. The van der Waals surface area contributed by atoms with Crippen LogP contribution in [0.2, 0.25) is 0 Å². The van der Waals surface area contributed by atoms with Gasteiger partial charge >= 0.3 is 0 Å². The maximum Gasteiger partial charge on any atom is 0.262 e. The van der Waals surface area contributed by atoms with E-state index in [1.165, 1.54) is 16.8 Å². The fraction of sp³-hybridized carbons (Fsp3) is 0.542. The molecule has 2 fully saturated rings. The maximum absolute atomic E-state index is 13.8. The van der Waals surface area contributed by atoms with Crippen molar-refractivity contribution in [2.24, 2.45) is 7.05 Å². The van der Waals surface area contributed by atoms with E-state index in [4.69, 9.17) is 0 Å². The van der Waals surface area contributed by atoms with E-state index in [9.17, 15) is 18.0 Å². The summed E-state index contributed by atoms with van der Waals surface area (Å²) in [6.45, 7) is 5.83. The van der Waals surface area contributed by atoms with E-state index < -0.39 is 21.5 Å². The lowest BCUT2D eigenvalue weighted by molar-refractivity contribution is -0.142. The molecular weight excluding hydrogens is 454 g/mol. The molecule has 3 aliphatic heterocycles. The molecule has 9 nitrogen and oxygen atoms in total. The summed E-state index contributed by atoms with van der Waals surface area (Å²) in [5, 5.41) is 0.0185. The molecule has 34 heavy (non-hydrogen) atoms. The number of fused-ring (bicyclic) bond motifs is 1. The number of aromatic nitrogens is 2. The number of nitrogens with zero attached hydrogens (tertiary/aromatic N) is 5. The normalized spacial score (nSPS) is 22.7. The number of piperidine rings is 1. The highest BCUT2D eigenvalue weighted by molar-refractivity contribution is 7.89. The first kappa shape index (κ1) is 23.0. The molecule has 1 atom stereocenters. The molecule has 1 aromatic carbocycles. The summed E-state index contributed by atoms with van der Waals surface area (Å²) in [5.74, 6) is -0.555. The first-order chi connectivity index (χ1) is 16.2. The Labute approximate surface area is 200 Å². The van der Waals surface area contributed by atoms with E-state index in [2.05, 4.69) is 4.98 Å². The molecule has 3 aliphatic rings. The Morgan fingerprint density at radius 1 is 1.12 bits per heavy atom. The molecule has 0 aliphatic carbocycles. The average Bonchev–Trinajstić information content (AvgIpc) is 3.20. The zero-order valence-electron chi connectivity index (χ0n) is 19.8. The van der Waals surface area contributed by atoms with Gasteiger partial charge < -0.3 is 14.4 Å². The van der Waals surface area contributed by atoms with Crippen LogP contribution in [-0.4, -0.2) is 81.6 Å². The summed E-state index contributed by atoms with van der Waals surface area (Å²) in [4.78, 5) is 35.3. The van der Waals surface area contributed by atoms with Crippen LogP contribution >= 0.6 is 0 Å². The summed E-state index contributed by atoms with van der Waals surface area (Å²) < 4.78 is 29.5. The number of imidazole rings is 1. The molecule has 4 heterocycles. The molecule has 2 amide bonds. The van der Waals surface area contributed by atoms with E-state index in [1.54, 1.807) is 17.7 Å². The molecule has 182 valence electrons. The van der Waals surface area contributed by atoms with Crippen molar-refractivity contribution < 1.29 is 18.0 Å². The number of hydrogen-bond acceptors (Lipinski definition) is 5. The van der Waals surface area contributed by atoms with Gasteiger partial charge in [-0.1, -0.05) is 18.2 Å². The predicted octanol–water partition coefficient (Wildman–Crippen LogP) is 1.82. The van der Waals surface area contributed by atoms with Crippen LogP contribution in [0.3, 0.4) is 0 Å². The number of rotatable bonds is 4. The highest BCUT2D eigenvalue weighted by Gasteiger charge is 2.57. The van der Waals surface area contributed by atoms with Crippen molar-refractivity contribution in [3.63, 3.8) is 0 Å². The summed E-state index contributed by atoms with van der Waals surface area (Å²) in [6.07, 6.45) is 4.73. The van der Waals surface area contributed by atoms with Gasteiger partial charge in [-0.2, -0.15) is 4.31 Å². The fourth-order valence-corrected chi connectivity index (χ4v) is 7.24. The minimum atomic E-state index is -3.75. The van der Waals surface area contributed by atoms with Gasteiger partial charge in [-0.3, -0.25) is 9.59 Å². The van der Waals surface area contributed by atoms with Crippen LogP contribution < -0.4 is 0 Å². The lowest BCUT2D eigenvalue weighted by Gasteiger charge is -2.57. The number of carbonyl (C=O) groups excluding carboxylic acids is 2. The van der Waals surface area contributed by atoms with Crippen molar-refractivity contribution in [3.05, 3.63) is 47.9 Å². The van der Waals surface area contributed by atoms with Gasteiger partial charge in [0.05, 0.1) is 17.8 Å². The van der Waals surface area contributed by atoms with Crippen molar-refractivity contribution >= 4 is 21.8 Å². The van der Waals surface area contributed by atoms with Crippen molar-refractivity contribution in [3.8, 4) is 0 Å². The number of aryl methyl sites for hydroxylation is 1. The van der Waals surface area contributed by atoms with Gasteiger partial charge in [0.1, 0.15) is 0 Å². The Balaban J connectivity index is 1.56. The third kappa shape index (κ3) is 3.38. The van der Waals surface area contributed by atoms with Crippen LogP contribution in [0.25, 0.3) is 0 Å². The van der Waals surface area contributed by atoms with Crippen LogP contribution in [0, 0.1) is 0 Å². The number of hydrogen-bond donors (Lipinski definition) is 0. The van der Waals surface area contributed by atoms with E-state index in [0.717, 1.165) is 25.1 Å². The first-order valence-electron chi connectivity index (χ1n) is 11.9. The first-order valence-corrected chi connectivity index (χ1v) is 13.3. The molecule has 10 heteroatoms. The van der Waals surface area contributed by atoms with Crippen molar-refractivity contribution in [2.75, 3.05) is 26.2 Å². The molecule has 0 bridgehead atoms. The Bertz CT molecular complexity index is 1230. The molecule has 1 spiro atoms. The second-order valence-electron chi connectivity index (χ2n) is 9.85. The smallest absolute Gasteiger partial charge is 0.262 e. The third-order valence-corrected chi connectivity index (χ3v) is 9.33. The van der Waals surface area contributed by atoms with Crippen LogP contribution in [0.5, 0.6) is 0 Å². The Kier molecular flexibility index (Phi) is 5.55. The molecule has 5 rings (SSSR count). The van der Waals surface area contributed by atoms with Gasteiger partial charge in [0.25, 0.3) is 15.9 Å².